The van der Waals surface area contributed by atoms with E-state index in [2.05, 4.69) is 15.9 Å². The Balaban J connectivity index is 2.41. The third kappa shape index (κ3) is 3.41. The first-order chi connectivity index (χ1) is 10.4. The number of hydrogen-bond donors (Lipinski definition) is 0. The number of carbonyl (C=O) groups is 1. The molecule has 0 heterocycles. The van der Waals surface area contributed by atoms with E-state index in [1.54, 1.807) is 6.07 Å². The van der Waals surface area contributed by atoms with Crippen molar-refractivity contribution < 1.29 is 19.7 Å². The molecule has 0 N–H and O–H groups in total. The molecule has 2 rings (SSSR count). The Labute approximate surface area is 135 Å². The Morgan fingerprint density at radius 3 is 2.62 bits per heavy atom. The summed E-state index contributed by atoms with van der Waals surface area (Å²) in [7, 11) is 0. The van der Waals surface area contributed by atoms with Gasteiger partial charge in [-0.2, -0.15) is 0 Å². The third-order valence-corrected chi connectivity index (χ3v) is 3.50. The number of ketones is 1. The van der Waals surface area contributed by atoms with E-state index in [9.17, 15) is 13.6 Å². The maximum atomic E-state index is 13.9. The lowest BCUT2D eigenvalue weighted by atomic mass is 10.0. The Bertz CT molecular complexity index is 702. The van der Waals surface area contributed by atoms with Crippen LogP contribution < -0.4 is 4.74 Å². The fourth-order valence-electron chi connectivity index (χ4n) is 1.76. The zero-order valence-corrected chi connectivity index (χ0v) is 13.0. The van der Waals surface area contributed by atoms with Crippen molar-refractivity contribution in [2.45, 2.75) is 6.90 Å². The molecule has 2 aromatic carbocycles. The number of halogens is 4. The number of ether oxygens (including phenoxy) is 1. The van der Waals surface area contributed by atoms with Crippen LogP contribution in [0.25, 0.3) is 0 Å². The van der Waals surface area contributed by atoms with E-state index >= 15 is 0 Å². The summed E-state index contributed by atoms with van der Waals surface area (Å²) in [5, 5.41) is 0.184. The minimum Gasteiger partial charge on any atom is -0.488 e. The van der Waals surface area contributed by atoms with E-state index in [4.69, 9.17) is 17.7 Å². The highest BCUT2D eigenvalue weighted by Crippen LogP contribution is 2.27. The van der Waals surface area contributed by atoms with E-state index in [0.29, 0.717) is 4.47 Å². The summed E-state index contributed by atoms with van der Waals surface area (Å²) >= 11 is 9.16. The highest BCUT2D eigenvalue weighted by atomic mass is 79.9. The minimum absolute atomic E-state index is 0.132. The minimum atomic E-state index is -0.997. The van der Waals surface area contributed by atoms with Gasteiger partial charge in [-0.3, -0.25) is 4.79 Å². The normalized spacial score (nSPS) is 11.1. The number of hydrogen-bond acceptors (Lipinski definition) is 2. The second-order valence-corrected chi connectivity index (χ2v) is 5.39. The molecule has 0 aromatic heterocycles. The lowest BCUT2D eigenvalue weighted by Crippen LogP contribution is -2.06. The van der Waals surface area contributed by atoms with Crippen LogP contribution in [0.4, 0.5) is 8.78 Å². The van der Waals surface area contributed by atoms with Crippen LogP contribution in [0.1, 0.15) is 24.2 Å². The summed E-state index contributed by atoms with van der Waals surface area (Å²) < 4.78 is 40.1. The number of benzene rings is 2. The Morgan fingerprint density at radius 1 is 1.33 bits per heavy atom. The van der Waals surface area contributed by atoms with Crippen molar-refractivity contribution in [3.63, 3.8) is 0 Å². The molecule has 6 heteroatoms. The zero-order valence-electron chi connectivity index (χ0n) is 11.6. The van der Waals surface area contributed by atoms with Crippen molar-refractivity contribution in [1.82, 2.24) is 0 Å². The Hall–Kier alpha value is -1.46. The molecule has 21 heavy (non-hydrogen) atoms. The monoisotopic (exact) mass is 375 g/mol. The second-order valence-electron chi connectivity index (χ2n) is 4.07. The van der Waals surface area contributed by atoms with Gasteiger partial charge in [-0.1, -0.05) is 27.5 Å². The maximum Gasteiger partial charge on any atom is 0.194 e. The molecule has 0 aliphatic carbocycles. The van der Waals surface area contributed by atoms with Gasteiger partial charge >= 0.3 is 0 Å². The lowest BCUT2D eigenvalue weighted by molar-refractivity contribution is 0.103. The maximum absolute atomic E-state index is 13.9. The van der Waals surface area contributed by atoms with E-state index in [0.717, 1.165) is 12.1 Å². The molecule has 2 aromatic rings. The molecule has 0 bridgehead atoms. The van der Waals surface area contributed by atoms with Gasteiger partial charge in [0.1, 0.15) is 0 Å². The smallest absolute Gasteiger partial charge is 0.194 e. The molecular weight excluding hydrogens is 366 g/mol. The number of carbonyl (C=O) groups excluding carboxylic acids is 1. The van der Waals surface area contributed by atoms with Crippen LogP contribution in [0.5, 0.6) is 5.75 Å². The zero-order chi connectivity index (χ0) is 16.3. The summed E-state index contributed by atoms with van der Waals surface area (Å²) in [4.78, 5) is 12.3. The molecule has 2 nitrogen and oxygen atoms in total. The van der Waals surface area contributed by atoms with Gasteiger partial charge in [-0.15, -0.1) is 0 Å². The van der Waals surface area contributed by atoms with Gasteiger partial charge in [-0.05, 0) is 37.2 Å². The molecule has 0 aliphatic rings. The van der Waals surface area contributed by atoms with Crippen molar-refractivity contribution >= 4 is 33.3 Å². The second kappa shape index (κ2) is 6.54. The molecule has 0 saturated carbocycles. The van der Waals surface area contributed by atoms with Crippen LogP contribution in [0.2, 0.25) is 5.02 Å². The molecule has 0 fully saturated rings. The summed E-state index contributed by atoms with van der Waals surface area (Å²) in [6.07, 6.45) is 0. The first-order valence-corrected chi connectivity index (χ1v) is 7.02. The van der Waals surface area contributed by atoms with Gasteiger partial charge in [0, 0.05) is 17.0 Å². The molecule has 0 saturated heterocycles. The van der Waals surface area contributed by atoms with Crippen LogP contribution in [-0.2, 0) is 0 Å². The van der Waals surface area contributed by atoms with E-state index in [-0.39, 0.29) is 29.7 Å². The topological polar surface area (TPSA) is 26.3 Å². The van der Waals surface area contributed by atoms with E-state index in [1.165, 1.54) is 12.1 Å². The third-order valence-electron chi connectivity index (χ3n) is 2.68. The highest BCUT2D eigenvalue weighted by molar-refractivity contribution is 9.10. The quantitative estimate of drug-likeness (QED) is 0.701. The molecule has 0 radical (unpaired) electrons. The van der Waals surface area contributed by atoms with Gasteiger partial charge in [0.25, 0.3) is 0 Å². The van der Waals surface area contributed by atoms with Crippen LogP contribution in [0.15, 0.2) is 34.8 Å². The summed E-state index contributed by atoms with van der Waals surface area (Å²) in [5.41, 5.74) is -0.0390. The fourth-order valence-corrected chi connectivity index (χ4v) is 2.32. The van der Waals surface area contributed by atoms with Crippen molar-refractivity contribution in [3.05, 3.63) is 62.6 Å². The van der Waals surface area contributed by atoms with Crippen LogP contribution in [0, 0.1) is 11.6 Å². The van der Waals surface area contributed by atoms with E-state index < -0.39 is 23.2 Å². The summed E-state index contributed by atoms with van der Waals surface area (Å²) in [6, 6.07) is 6.42. The molecule has 0 spiro atoms. The summed E-state index contributed by atoms with van der Waals surface area (Å²) in [6.45, 7) is -0.272. The predicted octanol–water partition coefficient (Wildman–Crippen LogP) is 5.01. The first-order valence-electron chi connectivity index (χ1n) is 6.55. The van der Waals surface area contributed by atoms with Crippen LogP contribution >= 0.6 is 27.5 Å². The number of rotatable bonds is 4. The van der Waals surface area contributed by atoms with Gasteiger partial charge in [-0.25, -0.2) is 8.78 Å². The molecule has 0 aliphatic heterocycles. The summed E-state index contributed by atoms with van der Waals surface area (Å²) in [5.74, 6) is -3.19. The van der Waals surface area contributed by atoms with Crippen LogP contribution in [-0.4, -0.2) is 12.4 Å². The van der Waals surface area contributed by atoms with E-state index in [1.807, 2.05) is 0 Å². The molecule has 0 unspecified atom stereocenters. The molecular formula is C15H10BrClF2O2. The van der Waals surface area contributed by atoms with Gasteiger partial charge < -0.3 is 4.74 Å². The average molecular weight is 377 g/mol. The molecule has 0 amide bonds. The van der Waals surface area contributed by atoms with Crippen molar-refractivity contribution in [2.75, 3.05) is 6.61 Å². The lowest BCUT2D eigenvalue weighted by Gasteiger charge is -2.09. The van der Waals surface area contributed by atoms with Crippen molar-refractivity contribution in [2.24, 2.45) is 0 Å². The average Bonchev–Trinajstić information content (AvgIpc) is 2.48. The largest absolute Gasteiger partial charge is 0.488 e. The molecule has 110 valence electrons. The Morgan fingerprint density at radius 2 is 2.00 bits per heavy atom. The highest BCUT2D eigenvalue weighted by Gasteiger charge is 2.19. The van der Waals surface area contributed by atoms with Crippen molar-refractivity contribution in [3.8, 4) is 5.75 Å². The van der Waals surface area contributed by atoms with Crippen LogP contribution in [0.3, 0.4) is 0 Å². The Kier molecular flexibility index (Phi) is 4.51. The predicted molar refractivity (Wildman–Crippen MR) is 80.1 cm³/mol. The fraction of sp³-hybridized carbons (Fsp3) is 0.133. The molecule has 0 atom stereocenters. The van der Waals surface area contributed by atoms with Gasteiger partial charge in [0.15, 0.2) is 23.2 Å². The SMILES string of the molecule is [2H]CCOc1c(F)cc(C(=O)c2cc(Br)ccc2Cl)cc1F. The first kappa shape index (κ1) is 14.5. The van der Waals surface area contributed by atoms with Gasteiger partial charge in [0.05, 0.1) is 11.6 Å². The van der Waals surface area contributed by atoms with Crippen molar-refractivity contribution in [1.29, 1.82) is 0 Å². The standard InChI is InChI=1S/C15H10BrClF2O2/c1-2-21-15-12(18)5-8(6-13(15)19)14(20)10-7-9(16)3-4-11(10)17/h3-7H,2H2,1H3/i1D. The van der Waals surface area contributed by atoms with Gasteiger partial charge in [0.2, 0.25) is 0 Å².